The highest BCUT2D eigenvalue weighted by Gasteiger charge is 2.40. The minimum Gasteiger partial charge on any atom is -0.362 e. The fraction of sp³-hybridized carbons (Fsp3) is 0.250. The summed E-state index contributed by atoms with van der Waals surface area (Å²) in [5.74, 6) is -2.80. The van der Waals surface area contributed by atoms with Crippen LogP contribution in [-0.2, 0) is 14.4 Å². The van der Waals surface area contributed by atoms with Gasteiger partial charge in [-0.05, 0) is 48.7 Å². The topological polar surface area (TPSA) is 72.9 Å². The third-order valence-corrected chi connectivity index (χ3v) is 4.16. The molecule has 0 aromatic heterocycles. The van der Waals surface area contributed by atoms with E-state index in [1.807, 2.05) is 6.92 Å². The van der Waals surface area contributed by atoms with Crippen molar-refractivity contribution < 1.29 is 28.3 Å². The van der Waals surface area contributed by atoms with Gasteiger partial charge in [-0.3, -0.25) is 9.59 Å². The molecule has 0 radical (unpaired) electrons. The van der Waals surface area contributed by atoms with E-state index in [4.69, 9.17) is 9.57 Å². The van der Waals surface area contributed by atoms with Gasteiger partial charge in [0.2, 0.25) is 0 Å². The van der Waals surface area contributed by atoms with Crippen LogP contribution in [-0.4, -0.2) is 29.5 Å². The highest BCUT2D eigenvalue weighted by atomic mass is 19.1. The summed E-state index contributed by atoms with van der Waals surface area (Å²) in [5.41, 5.74) is 1.24. The standard InChI is InChI=1S/C20H18FNO5/c1-3-10-26-17(14-9-8-13(21)11-12(14)2)20(25)27-22-18(23)15-6-4-5-7-16(15)19(22)24/h4-9,11,17H,3,10H2,1-2H3. The number of hydrogen-bond donors (Lipinski definition) is 0. The number of carbonyl (C=O) groups excluding carboxylic acids is 3. The second-order valence-electron chi connectivity index (χ2n) is 6.11. The Morgan fingerprint density at radius 2 is 1.74 bits per heavy atom. The smallest absolute Gasteiger partial charge is 0.362 e. The van der Waals surface area contributed by atoms with Gasteiger partial charge in [0.25, 0.3) is 11.8 Å². The van der Waals surface area contributed by atoms with E-state index in [2.05, 4.69) is 0 Å². The summed E-state index contributed by atoms with van der Waals surface area (Å²) < 4.78 is 19.0. The number of hydroxylamine groups is 2. The molecule has 1 aliphatic rings. The van der Waals surface area contributed by atoms with Gasteiger partial charge in [-0.15, -0.1) is 0 Å². The lowest BCUT2D eigenvalue weighted by molar-refractivity contribution is -0.182. The van der Waals surface area contributed by atoms with Gasteiger partial charge in [-0.25, -0.2) is 9.18 Å². The lowest BCUT2D eigenvalue weighted by atomic mass is 10.0. The molecule has 6 nitrogen and oxygen atoms in total. The number of amides is 2. The highest BCUT2D eigenvalue weighted by molar-refractivity contribution is 6.20. The first kappa shape index (κ1) is 18.7. The van der Waals surface area contributed by atoms with Crippen LogP contribution in [0.1, 0.15) is 51.3 Å². The maximum Gasteiger partial charge on any atom is 0.366 e. The third-order valence-electron chi connectivity index (χ3n) is 4.16. The maximum absolute atomic E-state index is 13.4. The van der Waals surface area contributed by atoms with Crippen LogP contribution in [0.25, 0.3) is 0 Å². The molecule has 3 rings (SSSR count). The van der Waals surface area contributed by atoms with Crippen molar-refractivity contribution in [2.75, 3.05) is 6.61 Å². The van der Waals surface area contributed by atoms with Crippen LogP contribution in [0, 0.1) is 12.7 Å². The summed E-state index contributed by atoms with van der Waals surface area (Å²) in [4.78, 5) is 42.5. The Labute approximate surface area is 155 Å². The van der Waals surface area contributed by atoms with Crippen LogP contribution in [0.15, 0.2) is 42.5 Å². The average molecular weight is 371 g/mol. The molecule has 0 saturated heterocycles. The fourth-order valence-corrected chi connectivity index (χ4v) is 2.84. The van der Waals surface area contributed by atoms with Gasteiger partial charge in [0, 0.05) is 6.61 Å². The van der Waals surface area contributed by atoms with Gasteiger partial charge in [-0.1, -0.05) is 30.2 Å². The molecule has 1 unspecified atom stereocenters. The van der Waals surface area contributed by atoms with E-state index in [1.54, 1.807) is 19.1 Å². The number of hydrogen-bond acceptors (Lipinski definition) is 5. The van der Waals surface area contributed by atoms with E-state index in [0.29, 0.717) is 22.6 Å². The number of carbonyl (C=O) groups is 3. The van der Waals surface area contributed by atoms with Crippen molar-refractivity contribution in [2.24, 2.45) is 0 Å². The fourth-order valence-electron chi connectivity index (χ4n) is 2.84. The molecular formula is C20H18FNO5. The zero-order chi connectivity index (χ0) is 19.6. The quantitative estimate of drug-likeness (QED) is 0.728. The molecule has 0 N–H and O–H groups in total. The summed E-state index contributed by atoms with van der Waals surface area (Å²) >= 11 is 0. The van der Waals surface area contributed by atoms with Crippen molar-refractivity contribution in [1.82, 2.24) is 5.06 Å². The van der Waals surface area contributed by atoms with Gasteiger partial charge in [0.1, 0.15) is 5.82 Å². The summed E-state index contributed by atoms with van der Waals surface area (Å²) in [6, 6.07) is 10.1. The summed E-state index contributed by atoms with van der Waals surface area (Å²) in [6.45, 7) is 3.75. The number of aryl methyl sites for hydroxylation is 1. The van der Waals surface area contributed by atoms with Crippen LogP contribution in [0.5, 0.6) is 0 Å². The van der Waals surface area contributed by atoms with Crippen molar-refractivity contribution in [1.29, 1.82) is 0 Å². The largest absolute Gasteiger partial charge is 0.366 e. The summed E-state index contributed by atoms with van der Waals surface area (Å²) in [5, 5.41) is 0.439. The zero-order valence-corrected chi connectivity index (χ0v) is 14.9. The minimum absolute atomic E-state index is 0.166. The second kappa shape index (κ2) is 7.67. The lowest BCUT2D eigenvalue weighted by Gasteiger charge is -2.21. The molecule has 140 valence electrons. The molecule has 2 aromatic rings. The van der Waals surface area contributed by atoms with Gasteiger partial charge < -0.3 is 9.57 Å². The normalized spacial score (nSPS) is 14.3. The molecule has 0 aliphatic carbocycles. The summed E-state index contributed by atoms with van der Waals surface area (Å²) in [6.07, 6.45) is -0.549. The van der Waals surface area contributed by atoms with Crippen molar-refractivity contribution in [3.05, 3.63) is 70.5 Å². The van der Waals surface area contributed by atoms with E-state index < -0.39 is 29.7 Å². The second-order valence-corrected chi connectivity index (χ2v) is 6.11. The molecule has 1 heterocycles. The molecule has 0 saturated carbocycles. The number of fused-ring (bicyclic) bond motifs is 1. The number of rotatable bonds is 6. The minimum atomic E-state index is -1.19. The Bertz CT molecular complexity index is 876. The number of nitrogens with zero attached hydrogens (tertiary/aromatic N) is 1. The van der Waals surface area contributed by atoms with Crippen LogP contribution < -0.4 is 0 Å². The molecule has 27 heavy (non-hydrogen) atoms. The molecule has 2 amide bonds. The van der Waals surface area contributed by atoms with E-state index in [0.717, 1.165) is 0 Å². The SMILES string of the molecule is CCCOC(C(=O)ON1C(=O)c2ccccc2C1=O)c1ccc(F)cc1C. The molecular weight excluding hydrogens is 353 g/mol. The predicted molar refractivity (Wildman–Crippen MR) is 93.2 cm³/mol. The van der Waals surface area contributed by atoms with Crippen molar-refractivity contribution in [3.8, 4) is 0 Å². The Morgan fingerprint density at radius 3 is 2.30 bits per heavy atom. The van der Waals surface area contributed by atoms with Crippen molar-refractivity contribution in [3.63, 3.8) is 0 Å². The number of halogens is 1. The van der Waals surface area contributed by atoms with Crippen LogP contribution >= 0.6 is 0 Å². The average Bonchev–Trinajstić information content (AvgIpc) is 2.89. The molecule has 1 aliphatic heterocycles. The zero-order valence-electron chi connectivity index (χ0n) is 14.9. The Hall–Kier alpha value is -3.06. The molecule has 0 fully saturated rings. The molecule has 2 aromatic carbocycles. The van der Waals surface area contributed by atoms with Crippen LogP contribution in [0.2, 0.25) is 0 Å². The number of benzene rings is 2. The first-order valence-electron chi connectivity index (χ1n) is 8.51. The van der Waals surface area contributed by atoms with E-state index >= 15 is 0 Å². The highest BCUT2D eigenvalue weighted by Crippen LogP contribution is 2.27. The Kier molecular flexibility index (Phi) is 5.32. The molecule has 7 heteroatoms. The van der Waals surface area contributed by atoms with Crippen molar-refractivity contribution >= 4 is 17.8 Å². The first-order valence-corrected chi connectivity index (χ1v) is 8.51. The van der Waals surface area contributed by atoms with Gasteiger partial charge in [-0.2, -0.15) is 0 Å². The monoisotopic (exact) mass is 371 g/mol. The summed E-state index contributed by atoms with van der Waals surface area (Å²) in [7, 11) is 0. The number of imide groups is 1. The van der Waals surface area contributed by atoms with E-state index in [1.165, 1.54) is 30.3 Å². The Morgan fingerprint density at radius 1 is 1.11 bits per heavy atom. The molecule has 0 spiro atoms. The van der Waals surface area contributed by atoms with Gasteiger partial charge >= 0.3 is 5.97 Å². The molecule has 0 bridgehead atoms. The first-order chi connectivity index (χ1) is 12.9. The van der Waals surface area contributed by atoms with E-state index in [-0.39, 0.29) is 17.7 Å². The van der Waals surface area contributed by atoms with Crippen molar-refractivity contribution in [2.45, 2.75) is 26.4 Å². The van der Waals surface area contributed by atoms with E-state index in [9.17, 15) is 18.8 Å². The predicted octanol–water partition coefficient (Wildman–Crippen LogP) is 3.36. The maximum atomic E-state index is 13.4. The van der Waals surface area contributed by atoms with Gasteiger partial charge in [0.15, 0.2) is 6.10 Å². The van der Waals surface area contributed by atoms with Crippen LogP contribution in [0.3, 0.4) is 0 Å². The third kappa shape index (κ3) is 3.59. The molecule has 1 atom stereocenters. The van der Waals surface area contributed by atoms with Gasteiger partial charge in [0.05, 0.1) is 11.1 Å². The van der Waals surface area contributed by atoms with Crippen LogP contribution in [0.4, 0.5) is 4.39 Å². The lowest BCUT2D eigenvalue weighted by Crippen LogP contribution is -2.35. The number of ether oxygens (including phenoxy) is 1. The Balaban J connectivity index is 1.85.